The van der Waals surface area contributed by atoms with Crippen LogP contribution in [-0.2, 0) is 11.2 Å². The van der Waals surface area contributed by atoms with E-state index in [1.54, 1.807) is 18.2 Å². The summed E-state index contributed by atoms with van der Waals surface area (Å²) >= 11 is 0. The van der Waals surface area contributed by atoms with E-state index in [1.807, 2.05) is 0 Å². The van der Waals surface area contributed by atoms with Crippen molar-refractivity contribution in [3.63, 3.8) is 0 Å². The van der Waals surface area contributed by atoms with Crippen molar-refractivity contribution in [1.82, 2.24) is 25.1 Å². The SMILES string of the molecule is O=C(Cc1n[nH]c(=O)c2cc(-c3ccc(F)cc3)nn12)NCCC1=CCCCC1. The van der Waals surface area contributed by atoms with Gasteiger partial charge in [-0.3, -0.25) is 9.59 Å². The van der Waals surface area contributed by atoms with Gasteiger partial charge < -0.3 is 5.32 Å². The first kappa shape index (κ1) is 19.0. The highest BCUT2D eigenvalue weighted by atomic mass is 19.1. The highest BCUT2D eigenvalue weighted by molar-refractivity contribution is 5.78. The van der Waals surface area contributed by atoms with Crippen molar-refractivity contribution in [2.24, 2.45) is 0 Å². The highest BCUT2D eigenvalue weighted by Crippen LogP contribution is 2.20. The Hall–Kier alpha value is -3.29. The Morgan fingerprint density at radius 1 is 1.24 bits per heavy atom. The number of fused-ring (bicyclic) bond motifs is 1. The third-order valence-corrected chi connectivity index (χ3v) is 5.08. The molecule has 2 heterocycles. The average Bonchev–Trinajstić information content (AvgIpc) is 3.18. The number of carbonyl (C=O) groups is 1. The van der Waals surface area contributed by atoms with Gasteiger partial charge in [0.1, 0.15) is 11.3 Å². The van der Waals surface area contributed by atoms with Gasteiger partial charge in [-0.05, 0) is 62.4 Å². The Bertz CT molecular complexity index is 1110. The van der Waals surface area contributed by atoms with E-state index in [0.29, 0.717) is 23.6 Å². The van der Waals surface area contributed by atoms with Crippen molar-refractivity contribution in [3.05, 3.63) is 64.0 Å². The average molecular weight is 395 g/mol. The van der Waals surface area contributed by atoms with Gasteiger partial charge >= 0.3 is 0 Å². The molecule has 2 N–H and O–H groups in total. The number of rotatable bonds is 6. The van der Waals surface area contributed by atoms with E-state index >= 15 is 0 Å². The van der Waals surface area contributed by atoms with E-state index in [4.69, 9.17) is 0 Å². The quantitative estimate of drug-likeness (QED) is 0.628. The molecule has 8 heteroatoms. The maximum atomic E-state index is 13.2. The van der Waals surface area contributed by atoms with Crippen molar-refractivity contribution >= 4 is 11.4 Å². The van der Waals surface area contributed by atoms with Crippen molar-refractivity contribution in [2.75, 3.05) is 6.54 Å². The van der Waals surface area contributed by atoms with Crippen LogP contribution in [0.4, 0.5) is 4.39 Å². The molecular weight excluding hydrogens is 373 g/mol. The summed E-state index contributed by atoms with van der Waals surface area (Å²) < 4.78 is 14.5. The summed E-state index contributed by atoms with van der Waals surface area (Å²) in [6.07, 6.45) is 7.81. The largest absolute Gasteiger partial charge is 0.355 e. The minimum absolute atomic E-state index is 0.00311. The summed E-state index contributed by atoms with van der Waals surface area (Å²) in [6.45, 7) is 0.580. The summed E-state index contributed by atoms with van der Waals surface area (Å²) in [5.74, 6) is -0.193. The van der Waals surface area contributed by atoms with E-state index in [9.17, 15) is 14.0 Å². The second-order valence-electron chi connectivity index (χ2n) is 7.19. The number of carbonyl (C=O) groups excluding carboxylic acids is 1. The maximum Gasteiger partial charge on any atom is 0.290 e. The summed E-state index contributed by atoms with van der Waals surface area (Å²) in [5.41, 5.74) is 2.46. The number of nitrogens with zero attached hydrogens (tertiary/aromatic N) is 3. The van der Waals surface area contributed by atoms with E-state index in [-0.39, 0.29) is 23.7 Å². The molecule has 7 nitrogen and oxygen atoms in total. The fourth-order valence-corrected chi connectivity index (χ4v) is 3.54. The molecule has 1 amide bonds. The van der Waals surface area contributed by atoms with Crippen LogP contribution in [0.15, 0.2) is 46.8 Å². The Morgan fingerprint density at radius 2 is 2.07 bits per heavy atom. The van der Waals surface area contributed by atoms with E-state index < -0.39 is 5.56 Å². The summed E-state index contributed by atoms with van der Waals surface area (Å²) in [4.78, 5) is 24.5. The van der Waals surface area contributed by atoms with Crippen LogP contribution in [0.1, 0.15) is 37.9 Å². The highest BCUT2D eigenvalue weighted by Gasteiger charge is 2.15. The van der Waals surface area contributed by atoms with Gasteiger partial charge in [-0.1, -0.05) is 11.6 Å². The Kier molecular flexibility index (Phi) is 5.50. The number of nitrogens with one attached hydrogen (secondary N) is 2. The molecule has 0 unspecified atom stereocenters. The Balaban J connectivity index is 1.49. The normalized spacial score (nSPS) is 14.0. The predicted molar refractivity (Wildman–Crippen MR) is 107 cm³/mol. The maximum absolute atomic E-state index is 13.2. The van der Waals surface area contributed by atoms with Crippen LogP contribution in [0.2, 0.25) is 0 Å². The third kappa shape index (κ3) is 4.42. The van der Waals surface area contributed by atoms with Crippen LogP contribution < -0.4 is 10.9 Å². The summed E-state index contributed by atoms with van der Waals surface area (Å²) in [5, 5.41) is 13.7. The molecule has 2 aromatic heterocycles. The van der Waals surface area contributed by atoms with Gasteiger partial charge in [0.15, 0.2) is 5.82 Å². The number of aromatic nitrogens is 4. The van der Waals surface area contributed by atoms with Gasteiger partial charge in [0.2, 0.25) is 5.91 Å². The minimum Gasteiger partial charge on any atom is -0.355 e. The first-order valence-corrected chi connectivity index (χ1v) is 9.78. The van der Waals surface area contributed by atoms with Gasteiger partial charge in [-0.25, -0.2) is 14.0 Å². The van der Waals surface area contributed by atoms with Crippen LogP contribution in [-0.4, -0.2) is 32.3 Å². The number of halogens is 1. The lowest BCUT2D eigenvalue weighted by molar-refractivity contribution is -0.120. The molecule has 1 aliphatic carbocycles. The van der Waals surface area contributed by atoms with E-state index in [0.717, 1.165) is 19.3 Å². The summed E-state index contributed by atoms with van der Waals surface area (Å²) in [6, 6.07) is 7.44. The van der Waals surface area contributed by atoms with Crippen molar-refractivity contribution in [3.8, 4) is 11.3 Å². The van der Waals surface area contributed by atoms with Crippen molar-refractivity contribution < 1.29 is 9.18 Å². The van der Waals surface area contributed by atoms with Crippen LogP contribution >= 0.6 is 0 Å². The molecule has 0 atom stereocenters. The molecule has 0 saturated carbocycles. The first-order chi connectivity index (χ1) is 14.1. The molecule has 0 spiro atoms. The molecule has 1 aliphatic rings. The van der Waals surface area contributed by atoms with Crippen molar-refractivity contribution in [1.29, 1.82) is 0 Å². The zero-order valence-corrected chi connectivity index (χ0v) is 15.9. The van der Waals surface area contributed by atoms with Crippen molar-refractivity contribution in [2.45, 2.75) is 38.5 Å². The van der Waals surface area contributed by atoms with Gasteiger partial charge in [0, 0.05) is 12.1 Å². The number of benzene rings is 1. The number of H-pyrrole nitrogens is 1. The Morgan fingerprint density at radius 3 is 2.83 bits per heavy atom. The lowest BCUT2D eigenvalue weighted by atomic mass is 9.97. The number of allylic oxidation sites excluding steroid dienone is 1. The molecule has 4 rings (SSSR count). The van der Waals surface area contributed by atoms with Crippen LogP contribution in [0.25, 0.3) is 16.8 Å². The van der Waals surface area contributed by atoms with Gasteiger partial charge in [0.05, 0.1) is 12.1 Å². The smallest absolute Gasteiger partial charge is 0.290 e. The molecule has 150 valence electrons. The molecular formula is C21H22FN5O2. The molecule has 0 radical (unpaired) electrons. The van der Waals surface area contributed by atoms with E-state index in [2.05, 4.69) is 26.7 Å². The topological polar surface area (TPSA) is 92.2 Å². The van der Waals surface area contributed by atoms with Crippen LogP contribution in [0, 0.1) is 5.82 Å². The third-order valence-electron chi connectivity index (χ3n) is 5.08. The zero-order chi connectivity index (χ0) is 20.2. The molecule has 29 heavy (non-hydrogen) atoms. The Labute approximate surface area is 166 Å². The molecule has 0 aliphatic heterocycles. The number of aromatic amines is 1. The lowest BCUT2D eigenvalue weighted by Gasteiger charge is -2.12. The van der Waals surface area contributed by atoms with Gasteiger partial charge in [0.25, 0.3) is 5.56 Å². The summed E-state index contributed by atoms with van der Waals surface area (Å²) in [7, 11) is 0. The standard InChI is InChI=1S/C21H22FN5O2/c22-16-8-6-15(7-9-16)17-12-18-21(29)25-24-19(27(18)26-17)13-20(28)23-11-10-14-4-2-1-3-5-14/h4,6-9,12H,1-3,5,10-11,13H2,(H,23,28)(H,25,29). The lowest BCUT2D eigenvalue weighted by Crippen LogP contribution is -2.29. The molecule has 0 fully saturated rings. The van der Waals surface area contributed by atoms with E-state index in [1.165, 1.54) is 35.1 Å². The minimum atomic E-state index is -0.403. The van der Waals surface area contributed by atoms with Gasteiger partial charge in [-0.15, -0.1) is 0 Å². The first-order valence-electron chi connectivity index (χ1n) is 9.78. The molecule has 0 saturated heterocycles. The predicted octanol–water partition coefficient (Wildman–Crippen LogP) is 2.77. The number of hydrogen-bond donors (Lipinski definition) is 2. The van der Waals surface area contributed by atoms with Crippen LogP contribution in [0.3, 0.4) is 0 Å². The fourth-order valence-electron chi connectivity index (χ4n) is 3.54. The fraction of sp³-hybridized carbons (Fsp3) is 0.333. The molecule has 1 aromatic carbocycles. The number of amides is 1. The second-order valence-corrected chi connectivity index (χ2v) is 7.19. The monoisotopic (exact) mass is 395 g/mol. The van der Waals surface area contributed by atoms with Crippen LogP contribution in [0.5, 0.6) is 0 Å². The molecule has 0 bridgehead atoms. The second kappa shape index (κ2) is 8.38. The number of hydrogen-bond acceptors (Lipinski definition) is 4. The zero-order valence-electron chi connectivity index (χ0n) is 15.9. The molecule has 3 aromatic rings. The van der Waals surface area contributed by atoms with Gasteiger partial charge in [-0.2, -0.15) is 10.2 Å².